The van der Waals surface area contributed by atoms with Crippen LogP contribution < -0.4 is 14.8 Å². The van der Waals surface area contributed by atoms with Crippen molar-refractivity contribution in [1.82, 2.24) is 5.32 Å². The van der Waals surface area contributed by atoms with Gasteiger partial charge in [-0.2, -0.15) is 0 Å². The second-order valence-corrected chi connectivity index (χ2v) is 8.06. The molecule has 2 N–H and O–H groups in total. The second kappa shape index (κ2) is 12.2. The van der Waals surface area contributed by atoms with Crippen molar-refractivity contribution in [3.63, 3.8) is 0 Å². The maximum atomic E-state index is 11.3. The minimum atomic E-state index is -0.452. The molecule has 1 atom stereocenters. The van der Waals surface area contributed by atoms with E-state index in [4.69, 9.17) is 9.47 Å². The number of hydrogen-bond acceptors (Lipinski definition) is 6. The molecule has 7 heteroatoms. The summed E-state index contributed by atoms with van der Waals surface area (Å²) in [5.41, 5.74) is 2.10. The van der Waals surface area contributed by atoms with Crippen LogP contribution in [0.25, 0.3) is 0 Å². The Hall–Kier alpha value is -2.87. The van der Waals surface area contributed by atoms with Crippen LogP contribution in [0.3, 0.4) is 0 Å². The molecule has 6 nitrogen and oxygen atoms in total. The van der Waals surface area contributed by atoms with Crippen molar-refractivity contribution in [2.24, 2.45) is 0 Å². The number of ether oxygens (including phenoxy) is 3. The molecule has 168 valence electrons. The molecule has 0 saturated carbocycles. The van der Waals surface area contributed by atoms with Crippen LogP contribution in [0.5, 0.6) is 17.2 Å². The Morgan fingerprint density at radius 2 is 1.81 bits per heavy atom. The Morgan fingerprint density at radius 3 is 2.56 bits per heavy atom. The van der Waals surface area contributed by atoms with E-state index in [1.54, 1.807) is 18.2 Å². The first-order chi connectivity index (χ1) is 15.6. The topological polar surface area (TPSA) is 77.0 Å². The van der Waals surface area contributed by atoms with Gasteiger partial charge in [0.1, 0.15) is 17.2 Å². The van der Waals surface area contributed by atoms with Gasteiger partial charge < -0.3 is 24.6 Å². The lowest BCUT2D eigenvalue weighted by Crippen LogP contribution is -2.34. The average molecular weight is 500 g/mol. The van der Waals surface area contributed by atoms with Gasteiger partial charge in [-0.25, -0.2) is 4.79 Å². The summed E-state index contributed by atoms with van der Waals surface area (Å²) in [6, 6.07) is 22.8. The SMILES string of the molecule is COC(=O)COc1cccc(Oc2ccc(Br)cc2CN[C@H](CO)Cc2ccccc2)c1. The number of benzene rings is 3. The molecular weight excluding hydrogens is 474 g/mol. The van der Waals surface area contributed by atoms with Gasteiger partial charge in [-0.3, -0.25) is 0 Å². The molecule has 3 aromatic carbocycles. The number of aliphatic hydroxyl groups is 1. The number of nitrogens with one attached hydrogen (secondary N) is 1. The van der Waals surface area contributed by atoms with Gasteiger partial charge in [-0.1, -0.05) is 52.3 Å². The summed E-state index contributed by atoms with van der Waals surface area (Å²) < 4.78 is 17.1. The van der Waals surface area contributed by atoms with Crippen molar-refractivity contribution in [2.45, 2.75) is 19.0 Å². The van der Waals surface area contributed by atoms with Crippen molar-refractivity contribution in [1.29, 1.82) is 0 Å². The van der Waals surface area contributed by atoms with Crippen molar-refractivity contribution in [2.75, 3.05) is 20.3 Å². The summed E-state index contributed by atoms with van der Waals surface area (Å²) in [4.78, 5) is 11.3. The Labute approximate surface area is 196 Å². The fourth-order valence-corrected chi connectivity index (χ4v) is 3.50. The van der Waals surface area contributed by atoms with Gasteiger partial charge in [0.2, 0.25) is 0 Å². The molecule has 0 amide bonds. The van der Waals surface area contributed by atoms with Gasteiger partial charge in [0, 0.05) is 28.7 Å². The maximum absolute atomic E-state index is 11.3. The molecular formula is C25H26BrNO5. The molecule has 0 spiro atoms. The van der Waals surface area contributed by atoms with Crippen LogP contribution in [0.4, 0.5) is 0 Å². The predicted molar refractivity (Wildman–Crippen MR) is 126 cm³/mol. The smallest absolute Gasteiger partial charge is 0.343 e. The van der Waals surface area contributed by atoms with E-state index in [0.717, 1.165) is 22.0 Å². The first kappa shape index (κ1) is 23.8. The van der Waals surface area contributed by atoms with E-state index in [1.165, 1.54) is 7.11 Å². The summed E-state index contributed by atoms with van der Waals surface area (Å²) in [6.07, 6.45) is 0.723. The van der Waals surface area contributed by atoms with Crippen molar-refractivity contribution < 1.29 is 24.1 Å². The van der Waals surface area contributed by atoms with Crippen LogP contribution in [0, 0.1) is 0 Å². The predicted octanol–water partition coefficient (Wildman–Crippen LogP) is 4.49. The maximum Gasteiger partial charge on any atom is 0.343 e. The Morgan fingerprint density at radius 1 is 1.03 bits per heavy atom. The van der Waals surface area contributed by atoms with E-state index < -0.39 is 5.97 Å². The lowest BCUT2D eigenvalue weighted by atomic mass is 10.1. The van der Waals surface area contributed by atoms with Gasteiger partial charge in [0.15, 0.2) is 6.61 Å². The zero-order valence-corrected chi connectivity index (χ0v) is 19.4. The van der Waals surface area contributed by atoms with Gasteiger partial charge in [-0.15, -0.1) is 0 Å². The summed E-state index contributed by atoms with van der Waals surface area (Å²) in [5.74, 6) is 1.32. The number of rotatable bonds is 11. The first-order valence-corrected chi connectivity index (χ1v) is 11.0. The van der Waals surface area contributed by atoms with Crippen LogP contribution in [0.15, 0.2) is 77.3 Å². The summed E-state index contributed by atoms with van der Waals surface area (Å²) in [6.45, 7) is 0.376. The van der Waals surface area contributed by atoms with E-state index in [2.05, 4.69) is 26.0 Å². The molecule has 0 aliphatic heterocycles. The number of hydrogen-bond donors (Lipinski definition) is 2. The third-order valence-corrected chi connectivity index (χ3v) is 5.26. The zero-order valence-electron chi connectivity index (χ0n) is 17.8. The van der Waals surface area contributed by atoms with E-state index in [-0.39, 0.29) is 19.3 Å². The van der Waals surface area contributed by atoms with Crippen LogP contribution in [0.2, 0.25) is 0 Å². The fraction of sp³-hybridized carbons (Fsp3) is 0.240. The van der Waals surface area contributed by atoms with Crippen LogP contribution in [0.1, 0.15) is 11.1 Å². The molecule has 0 aliphatic rings. The van der Waals surface area contributed by atoms with Crippen LogP contribution in [-0.4, -0.2) is 37.4 Å². The number of carbonyl (C=O) groups excluding carboxylic acids is 1. The fourth-order valence-electron chi connectivity index (χ4n) is 3.10. The Kier molecular flexibility index (Phi) is 9.10. The normalized spacial score (nSPS) is 11.6. The molecule has 0 fully saturated rings. The van der Waals surface area contributed by atoms with Crippen molar-refractivity contribution >= 4 is 21.9 Å². The van der Waals surface area contributed by atoms with Gasteiger partial charge in [0.25, 0.3) is 0 Å². The van der Waals surface area contributed by atoms with E-state index in [0.29, 0.717) is 23.8 Å². The molecule has 0 heterocycles. The molecule has 0 aliphatic carbocycles. The van der Waals surface area contributed by atoms with Crippen molar-refractivity contribution in [3.05, 3.63) is 88.4 Å². The minimum Gasteiger partial charge on any atom is -0.482 e. The average Bonchev–Trinajstić information content (AvgIpc) is 2.82. The number of carbonyl (C=O) groups is 1. The standard InChI is InChI=1S/C25H26BrNO5/c1-30-25(29)17-31-22-8-5-9-23(14-22)32-24-11-10-20(26)13-19(24)15-27-21(16-28)12-18-6-3-2-4-7-18/h2-11,13-14,21,27-28H,12,15-17H2,1H3/t21-/m0/s1. The lowest BCUT2D eigenvalue weighted by Gasteiger charge is -2.18. The number of halogens is 1. The molecule has 3 aromatic rings. The van der Waals surface area contributed by atoms with Crippen LogP contribution in [-0.2, 0) is 22.5 Å². The van der Waals surface area contributed by atoms with Gasteiger partial charge in [-0.05, 0) is 42.3 Å². The summed E-state index contributed by atoms with van der Waals surface area (Å²) in [5, 5.41) is 13.2. The molecule has 32 heavy (non-hydrogen) atoms. The third kappa shape index (κ3) is 7.37. The monoisotopic (exact) mass is 499 g/mol. The lowest BCUT2D eigenvalue weighted by molar-refractivity contribution is -0.142. The molecule has 0 unspecified atom stereocenters. The highest BCUT2D eigenvalue weighted by Gasteiger charge is 2.12. The van der Waals surface area contributed by atoms with Crippen molar-refractivity contribution in [3.8, 4) is 17.2 Å². The van der Waals surface area contributed by atoms with E-state index in [1.807, 2.05) is 54.6 Å². The molecule has 0 radical (unpaired) electrons. The van der Waals surface area contributed by atoms with E-state index in [9.17, 15) is 9.90 Å². The summed E-state index contributed by atoms with van der Waals surface area (Å²) in [7, 11) is 1.32. The highest BCUT2D eigenvalue weighted by molar-refractivity contribution is 9.10. The number of esters is 1. The number of methoxy groups -OCH3 is 1. The van der Waals surface area contributed by atoms with Crippen LogP contribution >= 0.6 is 15.9 Å². The molecule has 0 bridgehead atoms. The third-order valence-electron chi connectivity index (χ3n) is 4.77. The largest absolute Gasteiger partial charge is 0.482 e. The molecule has 0 aromatic heterocycles. The number of aliphatic hydroxyl groups excluding tert-OH is 1. The first-order valence-electron chi connectivity index (χ1n) is 10.2. The Bertz CT molecular complexity index is 1010. The summed E-state index contributed by atoms with van der Waals surface area (Å²) >= 11 is 3.52. The zero-order chi connectivity index (χ0) is 22.8. The quantitative estimate of drug-likeness (QED) is 0.378. The molecule has 0 saturated heterocycles. The van der Waals surface area contributed by atoms with Gasteiger partial charge in [0.05, 0.1) is 13.7 Å². The minimum absolute atomic E-state index is 0.0265. The van der Waals surface area contributed by atoms with E-state index >= 15 is 0 Å². The van der Waals surface area contributed by atoms with Gasteiger partial charge >= 0.3 is 5.97 Å². The highest BCUT2D eigenvalue weighted by atomic mass is 79.9. The highest BCUT2D eigenvalue weighted by Crippen LogP contribution is 2.30. The molecule has 3 rings (SSSR count). The Balaban J connectivity index is 1.67. The second-order valence-electron chi connectivity index (χ2n) is 7.14.